The molecular formula is C15H12N2O4. The molecule has 1 heterocycles. The van der Waals surface area contributed by atoms with E-state index in [0.717, 1.165) is 0 Å². The highest BCUT2D eigenvalue weighted by Gasteiger charge is 2.19. The highest BCUT2D eigenvalue weighted by molar-refractivity contribution is 6.01. The molecule has 2 aromatic rings. The van der Waals surface area contributed by atoms with E-state index in [-0.39, 0.29) is 17.9 Å². The molecule has 6 nitrogen and oxygen atoms in total. The summed E-state index contributed by atoms with van der Waals surface area (Å²) in [7, 11) is 0. The Kier molecular flexibility index (Phi) is 4.05. The summed E-state index contributed by atoms with van der Waals surface area (Å²) in [6.45, 7) is 1.71. The van der Waals surface area contributed by atoms with Crippen LogP contribution < -0.4 is 11.4 Å². The number of hydrogen-bond donors (Lipinski definition) is 1. The van der Waals surface area contributed by atoms with Gasteiger partial charge in [-0.1, -0.05) is 18.2 Å². The maximum Gasteiger partial charge on any atom is 0.351 e. The number of carbonyl (C=O) groups excluding carboxylic acids is 1. The number of carbonyl (C=O) groups is 1. The second-order valence-electron chi connectivity index (χ2n) is 4.11. The minimum Gasteiger partial charge on any atom is -0.462 e. The Hall–Kier alpha value is -3.07. The van der Waals surface area contributed by atoms with Crippen molar-refractivity contribution in [3.8, 4) is 6.07 Å². The highest BCUT2D eigenvalue weighted by atomic mass is 16.5. The van der Waals surface area contributed by atoms with Gasteiger partial charge in [-0.25, -0.2) is 9.59 Å². The van der Waals surface area contributed by atoms with Crippen LogP contribution in [0.5, 0.6) is 0 Å². The van der Waals surface area contributed by atoms with E-state index < -0.39 is 17.2 Å². The number of benzene rings is 1. The van der Waals surface area contributed by atoms with E-state index in [4.69, 9.17) is 20.1 Å². The fourth-order valence-electron chi connectivity index (χ4n) is 1.80. The number of ether oxygens (including phenoxy) is 1. The molecule has 0 saturated carbocycles. The summed E-state index contributed by atoms with van der Waals surface area (Å²) >= 11 is 0. The van der Waals surface area contributed by atoms with E-state index in [1.807, 2.05) is 0 Å². The number of para-hydroxylation sites is 1. The molecule has 2 rings (SSSR count). The van der Waals surface area contributed by atoms with Crippen LogP contribution in [0, 0.1) is 11.3 Å². The molecule has 0 saturated heterocycles. The summed E-state index contributed by atoms with van der Waals surface area (Å²) in [5, 5.41) is 9.67. The van der Waals surface area contributed by atoms with Crippen LogP contribution in [0.25, 0.3) is 16.7 Å². The lowest BCUT2D eigenvalue weighted by molar-refractivity contribution is -0.137. The van der Waals surface area contributed by atoms with Gasteiger partial charge in [0.05, 0.1) is 17.9 Å². The van der Waals surface area contributed by atoms with Gasteiger partial charge in [0, 0.05) is 5.39 Å². The molecule has 0 bridgehead atoms. The number of nitrogens with zero attached hydrogens (tertiary/aromatic N) is 1. The van der Waals surface area contributed by atoms with E-state index >= 15 is 0 Å². The van der Waals surface area contributed by atoms with E-state index in [9.17, 15) is 9.59 Å². The predicted octanol–water partition coefficient (Wildman–Crippen LogP) is 1.55. The van der Waals surface area contributed by atoms with Crippen molar-refractivity contribution in [1.29, 1.82) is 5.26 Å². The third-order valence-corrected chi connectivity index (χ3v) is 2.79. The molecule has 1 aromatic carbocycles. The van der Waals surface area contributed by atoms with Crippen LogP contribution in [0.4, 0.5) is 0 Å². The molecular weight excluding hydrogens is 272 g/mol. The second kappa shape index (κ2) is 5.92. The molecule has 0 aliphatic rings. The summed E-state index contributed by atoms with van der Waals surface area (Å²) in [5.74, 6) is -0.870. The SMILES string of the molecule is CCOC(=O)/C(C#N)=C(/N)c1cc2ccccc2oc1=O. The van der Waals surface area contributed by atoms with Crippen molar-refractivity contribution in [2.45, 2.75) is 6.92 Å². The third-order valence-electron chi connectivity index (χ3n) is 2.79. The molecule has 0 aliphatic carbocycles. The van der Waals surface area contributed by atoms with Gasteiger partial charge in [0.1, 0.15) is 11.7 Å². The van der Waals surface area contributed by atoms with Crippen molar-refractivity contribution >= 4 is 22.6 Å². The molecule has 0 fully saturated rings. The molecule has 0 atom stereocenters. The lowest BCUT2D eigenvalue weighted by atomic mass is 10.1. The van der Waals surface area contributed by atoms with Gasteiger partial charge < -0.3 is 14.9 Å². The molecule has 0 unspecified atom stereocenters. The first-order valence-electron chi connectivity index (χ1n) is 6.18. The van der Waals surface area contributed by atoms with E-state index in [1.165, 1.54) is 6.07 Å². The molecule has 106 valence electrons. The molecule has 0 spiro atoms. The second-order valence-corrected chi connectivity index (χ2v) is 4.11. The zero-order valence-electron chi connectivity index (χ0n) is 11.3. The zero-order chi connectivity index (χ0) is 15.4. The monoisotopic (exact) mass is 284 g/mol. The Morgan fingerprint density at radius 1 is 1.43 bits per heavy atom. The highest BCUT2D eigenvalue weighted by Crippen LogP contribution is 2.17. The molecule has 0 radical (unpaired) electrons. The van der Waals surface area contributed by atoms with Gasteiger partial charge in [-0.15, -0.1) is 0 Å². The Balaban J connectivity index is 2.64. The van der Waals surface area contributed by atoms with E-state index in [2.05, 4.69) is 0 Å². The zero-order valence-corrected chi connectivity index (χ0v) is 11.3. The summed E-state index contributed by atoms with van der Waals surface area (Å²) in [4.78, 5) is 23.6. The average molecular weight is 284 g/mol. The number of hydrogen-bond acceptors (Lipinski definition) is 6. The van der Waals surface area contributed by atoms with Crippen molar-refractivity contribution in [2.75, 3.05) is 6.61 Å². The number of nitriles is 1. The molecule has 21 heavy (non-hydrogen) atoms. The van der Waals surface area contributed by atoms with Gasteiger partial charge in [0.15, 0.2) is 5.57 Å². The maximum absolute atomic E-state index is 11.9. The third kappa shape index (κ3) is 2.77. The van der Waals surface area contributed by atoms with Crippen molar-refractivity contribution in [3.63, 3.8) is 0 Å². The Bertz CT molecular complexity index is 827. The summed E-state index contributed by atoms with van der Waals surface area (Å²) in [6.07, 6.45) is 0. The van der Waals surface area contributed by atoms with Crippen LogP contribution >= 0.6 is 0 Å². The first kappa shape index (κ1) is 14.3. The fourth-order valence-corrected chi connectivity index (χ4v) is 1.80. The van der Waals surface area contributed by atoms with Crippen molar-refractivity contribution < 1.29 is 13.9 Å². The molecule has 0 amide bonds. The van der Waals surface area contributed by atoms with E-state index in [1.54, 1.807) is 37.3 Å². The van der Waals surface area contributed by atoms with Gasteiger partial charge in [0.2, 0.25) is 0 Å². The first-order chi connectivity index (χ1) is 10.1. The smallest absolute Gasteiger partial charge is 0.351 e. The summed E-state index contributed by atoms with van der Waals surface area (Å²) in [6, 6.07) is 9.99. The normalized spacial score (nSPS) is 11.6. The minimum atomic E-state index is -0.870. The largest absolute Gasteiger partial charge is 0.462 e. The first-order valence-corrected chi connectivity index (χ1v) is 6.18. The van der Waals surface area contributed by atoms with Crippen LogP contribution in [0.3, 0.4) is 0 Å². The van der Waals surface area contributed by atoms with Gasteiger partial charge in [-0.05, 0) is 19.1 Å². The lowest BCUT2D eigenvalue weighted by Crippen LogP contribution is -2.17. The van der Waals surface area contributed by atoms with Crippen LogP contribution in [0.2, 0.25) is 0 Å². The van der Waals surface area contributed by atoms with Crippen LogP contribution in [-0.4, -0.2) is 12.6 Å². The predicted molar refractivity (Wildman–Crippen MR) is 75.8 cm³/mol. The van der Waals surface area contributed by atoms with Crippen LogP contribution in [0.1, 0.15) is 12.5 Å². The number of nitrogens with two attached hydrogens (primary N) is 1. The van der Waals surface area contributed by atoms with Gasteiger partial charge in [0.25, 0.3) is 0 Å². The molecule has 0 aliphatic heterocycles. The molecule has 6 heteroatoms. The van der Waals surface area contributed by atoms with Crippen LogP contribution in [0.15, 0.2) is 45.1 Å². The van der Waals surface area contributed by atoms with Crippen molar-refractivity contribution in [1.82, 2.24) is 0 Å². The molecule has 1 aromatic heterocycles. The standard InChI is InChI=1S/C15H12N2O4/c1-2-20-14(18)11(8-16)13(17)10-7-9-5-3-4-6-12(9)21-15(10)19/h3-7H,2,17H2,1H3/b13-11+. The number of rotatable bonds is 3. The van der Waals surface area contributed by atoms with Gasteiger partial charge in [-0.3, -0.25) is 0 Å². The maximum atomic E-state index is 11.9. The Morgan fingerprint density at radius 3 is 2.81 bits per heavy atom. The summed E-state index contributed by atoms with van der Waals surface area (Å²) < 4.78 is 9.85. The van der Waals surface area contributed by atoms with Crippen molar-refractivity contribution in [2.24, 2.45) is 5.73 Å². The Morgan fingerprint density at radius 2 is 2.14 bits per heavy atom. The van der Waals surface area contributed by atoms with Crippen molar-refractivity contribution in [3.05, 3.63) is 51.9 Å². The average Bonchev–Trinajstić information content (AvgIpc) is 2.47. The summed E-state index contributed by atoms with van der Waals surface area (Å²) in [5.41, 5.74) is 4.73. The lowest BCUT2D eigenvalue weighted by Gasteiger charge is -2.05. The van der Waals surface area contributed by atoms with Gasteiger partial charge >= 0.3 is 11.6 Å². The van der Waals surface area contributed by atoms with Gasteiger partial charge in [-0.2, -0.15) is 5.26 Å². The quantitative estimate of drug-likeness (QED) is 0.396. The fraction of sp³-hybridized carbons (Fsp3) is 0.133. The van der Waals surface area contributed by atoms with Crippen LogP contribution in [-0.2, 0) is 9.53 Å². The topological polar surface area (TPSA) is 106 Å². The number of fused-ring (bicyclic) bond motifs is 1. The molecule has 2 N–H and O–H groups in total. The van der Waals surface area contributed by atoms with E-state index in [0.29, 0.717) is 11.0 Å². The Labute approximate surface area is 120 Å². The minimum absolute atomic E-state index is 0.0432. The number of esters is 1.